The van der Waals surface area contributed by atoms with Crippen LogP contribution in [0.2, 0.25) is 0 Å². The molecule has 1 aliphatic heterocycles. The maximum Gasteiger partial charge on any atom is 0.416 e. The van der Waals surface area contributed by atoms with E-state index in [2.05, 4.69) is 20.8 Å². The van der Waals surface area contributed by atoms with Gasteiger partial charge in [0.05, 0.1) is 25.5 Å². The lowest BCUT2D eigenvalue weighted by Crippen LogP contribution is -2.39. The van der Waals surface area contributed by atoms with Gasteiger partial charge in [0, 0.05) is 30.1 Å². The molecule has 0 bridgehead atoms. The van der Waals surface area contributed by atoms with Gasteiger partial charge in [-0.15, -0.1) is 22.6 Å². The van der Waals surface area contributed by atoms with Crippen molar-refractivity contribution in [1.82, 2.24) is 15.5 Å². The fraction of sp³-hybridized carbons (Fsp3) is 0.500. The molecule has 0 radical (unpaired) electrons. The summed E-state index contributed by atoms with van der Waals surface area (Å²) in [5, 5.41) is 15.4. The Balaban J connectivity index is 0.00000385. The van der Waals surface area contributed by atoms with Crippen molar-refractivity contribution >= 4 is 24.2 Å². The number of carbonyl (C=O) groups excluding carboxylic acids is 1. The molecule has 1 aromatic heterocycles. The highest BCUT2D eigenvalue weighted by Gasteiger charge is 2.32. The van der Waals surface area contributed by atoms with Crippen LogP contribution in [0.4, 0.5) is 19.0 Å². The number of nitrogens with one attached hydrogen (secondary N) is 2. The average Bonchev–Trinajstić information content (AvgIpc) is 2.78. The SMILES string of the molecule is COC(=O)CCc1c(N[C@@H]2CCCNC2)nnc(-c2ccc(C(F)(F)F)cc2OC)c1C.Cl. The molecule has 1 aromatic carbocycles. The summed E-state index contributed by atoms with van der Waals surface area (Å²) in [6, 6.07) is 3.44. The van der Waals surface area contributed by atoms with Crippen LogP contribution in [-0.2, 0) is 22.1 Å². The molecule has 0 amide bonds. The number of aromatic nitrogens is 2. The molecule has 0 spiro atoms. The lowest BCUT2D eigenvalue weighted by molar-refractivity contribution is -0.140. The van der Waals surface area contributed by atoms with Gasteiger partial charge in [-0.25, -0.2) is 0 Å². The summed E-state index contributed by atoms with van der Waals surface area (Å²) in [6.07, 6.45) is -1.99. The third kappa shape index (κ3) is 6.48. The van der Waals surface area contributed by atoms with Gasteiger partial charge < -0.3 is 20.1 Å². The van der Waals surface area contributed by atoms with Crippen LogP contribution in [0.25, 0.3) is 11.3 Å². The molecule has 1 atom stereocenters. The maximum atomic E-state index is 13.1. The number of methoxy groups -OCH3 is 2. The van der Waals surface area contributed by atoms with Crippen LogP contribution in [0.5, 0.6) is 5.75 Å². The Labute approximate surface area is 196 Å². The molecule has 182 valence electrons. The molecule has 7 nitrogen and oxygen atoms in total. The fourth-order valence-electron chi connectivity index (χ4n) is 3.79. The quantitative estimate of drug-likeness (QED) is 0.566. The normalized spacial score (nSPS) is 16.0. The van der Waals surface area contributed by atoms with Crippen LogP contribution in [-0.4, -0.2) is 49.5 Å². The summed E-state index contributed by atoms with van der Waals surface area (Å²) in [7, 11) is 2.64. The largest absolute Gasteiger partial charge is 0.496 e. The summed E-state index contributed by atoms with van der Waals surface area (Å²) < 4.78 is 49.4. The smallest absolute Gasteiger partial charge is 0.416 e. The van der Waals surface area contributed by atoms with E-state index in [1.807, 2.05) is 6.92 Å². The summed E-state index contributed by atoms with van der Waals surface area (Å²) in [6.45, 7) is 3.56. The standard InChI is InChI=1S/C22H27F3N4O3.ClH/c1-13-16(8-9-19(30)32-3)21(27-15-5-4-10-26-12-15)29-28-20(13)17-7-6-14(22(23,24)25)11-18(17)31-2;/h6-7,11,15,26H,4-5,8-10,12H2,1-3H3,(H,27,29);1H/t15-;/m1./s1. The first-order valence-corrected chi connectivity index (χ1v) is 10.4. The first-order chi connectivity index (χ1) is 15.2. The zero-order valence-corrected chi connectivity index (χ0v) is 19.5. The molecule has 0 unspecified atom stereocenters. The van der Waals surface area contributed by atoms with Crippen molar-refractivity contribution in [2.24, 2.45) is 0 Å². The second-order valence-electron chi connectivity index (χ2n) is 7.68. The predicted octanol–water partition coefficient (Wildman–Crippen LogP) is 4.17. The number of hydrogen-bond donors (Lipinski definition) is 2. The number of benzene rings is 1. The second kappa shape index (κ2) is 11.5. The Morgan fingerprint density at radius 2 is 2.03 bits per heavy atom. The van der Waals surface area contributed by atoms with Gasteiger partial charge in [-0.3, -0.25) is 4.79 Å². The number of nitrogens with zero attached hydrogens (tertiary/aromatic N) is 2. The van der Waals surface area contributed by atoms with Crippen molar-refractivity contribution < 1.29 is 27.4 Å². The van der Waals surface area contributed by atoms with E-state index in [4.69, 9.17) is 9.47 Å². The first-order valence-electron chi connectivity index (χ1n) is 10.4. The Morgan fingerprint density at radius 3 is 2.64 bits per heavy atom. The molecule has 0 saturated carbocycles. The lowest BCUT2D eigenvalue weighted by Gasteiger charge is -2.26. The molecular weight excluding hydrogens is 461 g/mol. The summed E-state index contributed by atoms with van der Waals surface area (Å²) in [5.74, 6) is 0.253. The molecule has 2 N–H and O–H groups in total. The predicted molar refractivity (Wildman–Crippen MR) is 121 cm³/mol. The van der Waals surface area contributed by atoms with E-state index < -0.39 is 11.7 Å². The Hall–Kier alpha value is -2.59. The minimum atomic E-state index is -4.49. The molecule has 0 aliphatic carbocycles. The van der Waals surface area contributed by atoms with E-state index in [-0.39, 0.29) is 36.6 Å². The lowest BCUT2D eigenvalue weighted by atomic mass is 9.97. The summed E-state index contributed by atoms with van der Waals surface area (Å²) >= 11 is 0. The van der Waals surface area contributed by atoms with Gasteiger partial charge in [-0.05, 0) is 56.5 Å². The molecule has 11 heteroatoms. The van der Waals surface area contributed by atoms with Gasteiger partial charge >= 0.3 is 12.1 Å². The highest BCUT2D eigenvalue weighted by atomic mass is 35.5. The van der Waals surface area contributed by atoms with Crippen molar-refractivity contribution in [2.45, 2.75) is 44.8 Å². The van der Waals surface area contributed by atoms with E-state index in [0.717, 1.165) is 43.6 Å². The third-order valence-electron chi connectivity index (χ3n) is 5.57. The zero-order chi connectivity index (χ0) is 23.3. The highest BCUT2D eigenvalue weighted by Crippen LogP contribution is 2.38. The number of esters is 1. The average molecular weight is 489 g/mol. The molecular formula is C22H28ClF3N4O3. The number of ether oxygens (including phenoxy) is 2. The topological polar surface area (TPSA) is 85.4 Å². The molecule has 1 aliphatic rings. The number of alkyl halides is 3. The van der Waals surface area contributed by atoms with Crippen LogP contribution in [0, 0.1) is 6.92 Å². The monoisotopic (exact) mass is 488 g/mol. The van der Waals surface area contributed by atoms with E-state index in [1.165, 1.54) is 20.3 Å². The van der Waals surface area contributed by atoms with Crippen LogP contribution in [0.1, 0.15) is 36.0 Å². The van der Waals surface area contributed by atoms with Gasteiger partial charge in [0.15, 0.2) is 5.82 Å². The van der Waals surface area contributed by atoms with E-state index in [9.17, 15) is 18.0 Å². The van der Waals surface area contributed by atoms with Crippen molar-refractivity contribution in [2.75, 3.05) is 32.6 Å². The summed E-state index contributed by atoms with van der Waals surface area (Å²) in [5.41, 5.74) is 1.48. The third-order valence-corrected chi connectivity index (χ3v) is 5.57. The van der Waals surface area contributed by atoms with Gasteiger partial charge in [0.2, 0.25) is 0 Å². The van der Waals surface area contributed by atoms with Crippen LogP contribution in [0.3, 0.4) is 0 Å². The number of hydrogen-bond acceptors (Lipinski definition) is 7. The van der Waals surface area contributed by atoms with E-state index in [0.29, 0.717) is 29.1 Å². The first kappa shape index (κ1) is 26.7. The Kier molecular flexibility index (Phi) is 9.30. The van der Waals surface area contributed by atoms with Crippen LogP contribution >= 0.6 is 12.4 Å². The number of halogens is 4. The zero-order valence-electron chi connectivity index (χ0n) is 18.7. The van der Waals surface area contributed by atoms with Crippen molar-refractivity contribution in [1.29, 1.82) is 0 Å². The molecule has 1 saturated heterocycles. The number of carbonyl (C=O) groups is 1. The fourth-order valence-corrected chi connectivity index (χ4v) is 3.79. The molecule has 1 fully saturated rings. The van der Waals surface area contributed by atoms with Crippen LogP contribution in [0.15, 0.2) is 18.2 Å². The highest BCUT2D eigenvalue weighted by molar-refractivity contribution is 5.85. The second-order valence-corrected chi connectivity index (χ2v) is 7.68. The minimum absolute atomic E-state index is 0. The maximum absolute atomic E-state index is 13.1. The Bertz CT molecular complexity index is 967. The Morgan fingerprint density at radius 1 is 1.27 bits per heavy atom. The van der Waals surface area contributed by atoms with E-state index >= 15 is 0 Å². The minimum Gasteiger partial charge on any atom is -0.496 e. The van der Waals surface area contributed by atoms with Gasteiger partial charge in [0.25, 0.3) is 0 Å². The molecule has 2 aromatic rings. The van der Waals surface area contributed by atoms with Crippen molar-refractivity contribution in [3.63, 3.8) is 0 Å². The van der Waals surface area contributed by atoms with Gasteiger partial charge in [-0.1, -0.05) is 0 Å². The molecule has 3 rings (SSSR count). The molecule has 33 heavy (non-hydrogen) atoms. The van der Waals surface area contributed by atoms with Gasteiger partial charge in [-0.2, -0.15) is 13.2 Å². The van der Waals surface area contributed by atoms with Gasteiger partial charge in [0.1, 0.15) is 5.75 Å². The summed E-state index contributed by atoms with van der Waals surface area (Å²) in [4.78, 5) is 11.8. The van der Waals surface area contributed by atoms with E-state index in [1.54, 1.807) is 0 Å². The van der Waals surface area contributed by atoms with Crippen LogP contribution < -0.4 is 15.4 Å². The number of rotatable bonds is 7. The molecule has 2 heterocycles. The van der Waals surface area contributed by atoms with Crippen molar-refractivity contribution in [3.05, 3.63) is 34.9 Å². The number of piperidine rings is 1. The number of anilines is 1. The van der Waals surface area contributed by atoms with Crippen molar-refractivity contribution in [3.8, 4) is 17.0 Å².